The molecule has 1 aromatic rings. The van der Waals surface area contributed by atoms with Crippen LogP contribution in [0.3, 0.4) is 0 Å². The summed E-state index contributed by atoms with van der Waals surface area (Å²) in [4.78, 5) is 11.2. The molecule has 0 fully saturated rings. The monoisotopic (exact) mass is 235 g/mol. The highest BCUT2D eigenvalue weighted by atomic mass is 16.5. The average Bonchev–Trinajstić information content (AvgIpc) is 2.33. The number of amides is 1. The SMILES string of the molecule is C[C@H](O)/C=C\CNC(=O)OCc1ccccc1. The fourth-order valence-electron chi connectivity index (χ4n) is 1.18. The lowest BCUT2D eigenvalue weighted by atomic mass is 10.2. The third-order valence-corrected chi connectivity index (χ3v) is 1.99. The van der Waals surface area contributed by atoms with E-state index in [-0.39, 0.29) is 6.61 Å². The van der Waals surface area contributed by atoms with Gasteiger partial charge in [0, 0.05) is 6.54 Å². The van der Waals surface area contributed by atoms with Crippen molar-refractivity contribution in [2.45, 2.75) is 19.6 Å². The van der Waals surface area contributed by atoms with Crippen LogP contribution in [0.15, 0.2) is 42.5 Å². The largest absolute Gasteiger partial charge is 0.445 e. The van der Waals surface area contributed by atoms with Gasteiger partial charge in [-0.1, -0.05) is 42.5 Å². The fraction of sp³-hybridized carbons (Fsp3) is 0.308. The van der Waals surface area contributed by atoms with Crippen molar-refractivity contribution in [1.29, 1.82) is 0 Å². The molecule has 0 aliphatic heterocycles. The van der Waals surface area contributed by atoms with E-state index < -0.39 is 12.2 Å². The van der Waals surface area contributed by atoms with E-state index >= 15 is 0 Å². The van der Waals surface area contributed by atoms with Crippen LogP contribution in [0, 0.1) is 0 Å². The van der Waals surface area contributed by atoms with E-state index in [1.807, 2.05) is 30.3 Å². The van der Waals surface area contributed by atoms with Crippen LogP contribution >= 0.6 is 0 Å². The molecule has 92 valence electrons. The number of rotatable bonds is 5. The van der Waals surface area contributed by atoms with Crippen LogP contribution in [-0.2, 0) is 11.3 Å². The summed E-state index contributed by atoms with van der Waals surface area (Å²) in [5.41, 5.74) is 0.946. The Morgan fingerprint density at radius 3 is 2.82 bits per heavy atom. The van der Waals surface area contributed by atoms with E-state index in [1.165, 1.54) is 0 Å². The standard InChI is InChI=1S/C13H17NO3/c1-11(15)6-5-9-14-13(16)17-10-12-7-3-2-4-8-12/h2-8,11,15H,9-10H2,1H3,(H,14,16)/b6-5-/t11-/m0/s1. The van der Waals surface area contributed by atoms with Crippen LogP contribution in [-0.4, -0.2) is 23.8 Å². The quantitative estimate of drug-likeness (QED) is 0.766. The molecule has 0 unspecified atom stereocenters. The number of carbonyl (C=O) groups is 1. The molecule has 1 rings (SSSR count). The first-order chi connectivity index (χ1) is 8.18. The molecule has 0 heterocycles. The summed E-state index contributed by atoms with van der Waals surface area (Å²) < 4.78 is 4.99. The van der Waals surface area contributed by atoms with Gasteiger partial charge in [0.1, 0.15) is 6.61 Å². The summed E-state index contributed by atoms with van der Waals surface area (Å²) in [6, 6.07) is 9.47. The molecule has 4 nitrogen and oxygen atoms in total. The summed E-state index contributed by atoms with van der Waals surface area (Å²) in [6.45, 7) is 2.25. The van der Waals surface area contributed by atoms with Gasteiger partial charge in [-0.2, -0.15) is 0 Å². The van der Waals surface area contributed by atoms with Crippen molar-refractivity contribution in [3.63, 3.8) is 0 Å². The number of hydrogen-bond donors (Lipinski definition) is 2. The average molecular weight is 235 g/mol. The molecule has 0 saturated heterocycles. The van der Waals surface area contributed by atoms with Crippen molar-refractivity contribution in [3.05, 3.63) is 48.0 Å². The zero-order valence-electron chi connectivity index (χ0n) is 9.80. The number of ether oxygens (including phenoxy) is 1. The van der Waals surface area contributed by atoms with E-state index in [2.05, 4.69) is 5.32 Å². The van der Waals surface area contributed by atoms with Gasteiger partial charge in [-0.3, -0.25) is 0 Å². The third kappa shape index (κ3) is 6.37. The second-order valence-corrected chi connectivity index (χ2v) is 3.61. The zero-order chi connectivity index (χ0) is 12.5. The van der Waals surface area contributed by atoms with E-state index in [0.29, 0.717) is 6.54 Å². The molecule has 0 aromatic heterocycles. The van der Waals surface area contributed by atoms with Crippen LogP contribution < -0.4 is 5.32 Å². The Labute approximate surface area is 101 Å². The highest BCUT2D eigenvalue weighted by Crippen LogP contribution is 2.00. The molecule has 0 spiro atoms. The molecular weight excluding hydrogens is 218 g/mol. The van der Waals surface area contributed by atoms with E-state index in [1.54, 1.807) is 19.1 Å². The van der Waals surface area contributed by atoms with Crippen molar-refractivity contribution in [2.75, 3.05) is 6.54 Å². The Balaban J connectivity index is 2.18. The van der Waals surface area contributed by atoms with Gasteiger partial charge in [0.15, 0.2) is 0 Å². The first kappa shape index (κ1) is 13.3. The van der Waals surface area contributed by atoms with Gasteiger partial charge >= 0.3 is 6.09 Å². The molecule has 1 aromatic carbocycles. The lowest BCUT2D eigenvalue weighted by molar-refractivity contribution is 0.140. The number of aliphatic hydroxyl groups is 1. The van der Waals surface area contributed by atoms with Gasteiger partial charge in [-0.25, -0.2) is 4.79 Å². The van der Waals surface area contributed by atoms with Gasteiger partial charge in [0.05, 0.1) is 6.10 Å². The van der Waals surface area contributed by atoms with Crippen molar-refractivity contribution in [1.82, 2.24) is 5.32 Å². The minimum Gasteiger partial charge on any atom is -0.445 e. The molecular formula is C13H17NO3. The van der Waals surface area contributed by atoms with Gasteiger partial charge in [-0.05, 0) is 12.5 Å². The molecule has 0 saturated carbocycles. The summed E-state index contributed by atoms with van der Waals surface area (Å²) in [5, 5.41) is 11.5. The Morgan fingerprint density at radius 2 is 2.18 bits per heavy atom. The third-order valence-electron chi connectivity index (χ3n) is 1.99. The predicted octanol–water partition coefficient (Wildman–Crippen LogP) is 1.85. The van der Waals surface area contributed by atoms with Crippen LogP contribution in [0.5, 0.6) is 0 Å². The Kier molecular flexibility index (Phi) is 5.82. The molecule has 0 bridgehead atoms. The molecule has 0 aliphatic rings. The van der Waals surface area contributed by atoms with Crippen molar-refractivity contribution in [3.8, 4) is 0 Å². The first-order valence-corrected chi connectivity index (χ1v) is 5.48. The Hall–Kier alpha value is -1.81. The lowest BCUT2D eigenvalue weighted by Gasteiger charge is -2.05. The van der Waals surface area contributed by atoms with Crippen LogP contribution in [0.1, 0.15) is 12.5 Å². The van der Waals surface area contributed by atoms with E-state index in [4.69, 9.17) is 9.84 Å². The van der Waals surface area contributed by atoms with Gasteiger partial charge < -0.3 is 15.2 Å². The molecule has 2 N–H and O–H groups in total. The number of alkyl carbamates (subject to hydrolysis) is 1. The first-order valence-electron chi connectivity index (χ1n) is 5.48. The van der Waals surface area contributed by atoms with Gasteiger partial charge in [0.25, 0.3) is 0 Å². The second kappa shape index (κ2) is 7.46. The van der Waals surface area contributed by atoms with E-state index in [9.17, 15) is 4.79 Å². The molecule has 1 atom stereocenters. The van der Waals surface area contributed by atoms with Crippen molar-refractivity contribution >= 4 is 6.09 Å². The van der Waals surface area contributed by atoms with Crippen molar-refractivity contribution < 1.29 is 14.6 Å². The maximum Gasteiger partial charge on any atom is 0.407 e. The Bertz CT molecular complexity index is 360. The normalized spacial score (nSPS) is 12.4. The summed E-state index contributed by atoms with van der Waals surface area (Å²) >= 11 is 0. The maximum atomic E-state index is 11.2. The minimum atomic E-state index is -0.503. The Morgan fingerprint density at radius 1 is 1.47 bits per heavy atom. The number of nitrogens with one attached hydrogen (secondary N) is 1. The molecule has 0 aliphatic carbocycles. The number of carbonyl (C=O) groups excluding carboxylic acids is 1. The number of hydrogen-bond acceptors (Lipinski definition) is 3. The van der Waals surface area contributed by atoms with Crippen LogP contribution in [0.2, 0.25) is 0 Å². The molecule has 17 heavy (non-hydrogen) atoms. The fourth-order valence-corrected chi connectivity index (χ4v) is 1.18. The predicted molar refractivity (Wildman–Crippen MR) is 65.5 cm³/mol. The highest BCUT2D eigenvalue weighted by Gasteiger charge is 1.99. The minimum absolute atomic E-state index is 0.257. The summed E-state index contributed by atoms with van der Waals surface area (Å²) in [6.07, 6.45) is 2.30. The molecule has 4 heteroatoms. The topological polar surface area (TPSA) is 58.6 Å². The number of aliphatic hydroxyl groups excluding tert-OH is 1. The second-order valence-electron chi connectivity index (χ2n) is 3.61. The molecule has 1 amide bonds. The highest BCUT2D eigenvalue weighted by molar-refractivity contribution is 5.67. The van der Waals surface area contributed by atoms with Gasteiger partial charge in [-0.15, -0.1) is 0 Å². The smallest absolute Gasteiger partial charge is 0.407 e. The summed E-state index contributed by atoms with van der Waals surface area (Å²) in [7, 11) is 0. The van der Waals surface area contributed by atoms with Crippen molar-refractivity contribution in [2.24, 2.45) is 0 Å². The van der Waals surface area contributed by atoms with E-state index in [0.717, 1.165) is 5.56 Å². The van der Waals surface area contributed by atoms with Crippen LogP contribution in [0.4, 0.5) is 4.79 Å². The van der Waals surface area contributed by atoms with Gasteiger partial charge in [0.2, 0.25) is 0 Å². The zero-order valence-corrected chi connectivity index (χ0v) is 9.80. The molecule has 0 radical (unpaired) electrons. The van der Waals surface area contributed by atoms with Crippen LogP contribution in [0.25, 0.3) is 0 Å². The summed E-state index contributed by atoms with van der Waals surface area (Å²) in [5.74, 6) is 0. The lowest BCUT2D eigenvalue weighted by Crippen LogP contribution is -2.24. The maximum absolute atomic E-state index is 11.2. The number of benzene rings is 1.